The molecule has 1 saturated carbocycles. The van der Waals surface area contributed by atoms with Crippen LogP contribution in [0.4, 0.5) is 14.5 Å². The molecule has 1 aromatic rings. The van der Waals surface area contributed by atoms with Gasteiger partial charge in [-0.3, -0.25) is 0 Å². The van der Waals surface area contributed by atoms with Crippen LogP contribution in [0.15, 0.2) is 18.2 Å². The third-order valence-electron chi connectivity index (χ3n) is 3.51. The fourth-order valence-corrected chi connectivity index (χ4v) is 2.76. The van der Waals surface area contributed by atoms with Crippen molar-refractivity contribution in [2.45, 2.75) is 38.5 Å². The molecule has 0 radical (unpaired) electrons. The van der Waals surface area contributed by atoms with Crippen LogP contribution in [0.5, 0.6) is 0 Å². The van der Waals surface area contributed by atoms with Crippen LogP contribution in [-0.4, -0.2) is 12.5 Å². The lowest BCUT2D eigenvalue weighted by Gasteiger charge is -2.29. The number of alkyl halides is 2. The van der Waals surface area contributed by atoms with E-state index in [0.717, 1.165) is 17.7 Å². The zero-order chi connectivity index (χ0) is 13.2. The van der Waals surface area contributed by atoms with Crippen molar-refractivity contribution in [1.82, 2.24) is 0 Å². The minimum atomic E-state index is -2.47. The summed E-state index contributed by atoms with van der Waals surface area (Å²) < 4.78 is 26.5. The Bertz CT molecular complexity index is 420. The first-order chi connectivity index (χ1) is 8.46. The summed E-state index contributed by atoms with van der Waals surface area (Å²) in [6, 6.07) is 5.59. The first-order valence-corrected chi connectivity index (χ1v) is 6.72. The molecule has 1 aliphatic rings. The lowest BCUT2D eigenvalue weighted by atomic mass is 9.86. The summed E-state index contributed by atoms with van der Waals surface area (Å²) >= 11 is 5.88. The second-order valence-electron chi connectivity index (χ2n) is 5.16. The highest BCUT2D eigenvalue weighted by Crippen LogP contribution is 2.36. The van der Waals surface area contributed by atoms with Crippen molar-refractivity contribution in [2.75, 3.05) is 11.9 Å². The lowest BCUT2D eigenvalue weighted by molar-refractivity contribution is -0.0502. The number of nitrogens with one attached hydrogen (secondary N) is 1. The summed E-state index contributed by atoms with van der Waals surface area (Å²) in [7, 11) is 0. The molecule has 0 saturated heterocycles. The molecule has 18 heavy (non-hydrogen) atoms. The average Bonchev–Trinajstić information content (AvgIpc) is 2.26. The Hall–Kier alpha value is -0.830. The van der Waals surface area contributed by atoms with Crippen LogP contribution in [0.3, 0.4) is 0 Å². The SMILES string of the molecule is Cc1cc(Cl)ccc1NCC1CCCC(F)(F)C1. The van der Waals surface area contributed by atoms with E-state index in [-0.39, 0.29) is 18.8 Å². The Labute approximate surface area is 112 Å². The van der Waals surface area contributed by atoms with E-state index in [4.69, 9.17) is 11.6 Å². The van der Waals surface area contributed by atoms with E-state index < -0.39 is 5.92 Å². The normalized spacial score (nSPS) is 22.8. The molecular formula is C14H18ClF2N. The summed E-state index contributed by atoms with van der Waals surface area (Å²) in [5.41, 5.74) is 2.03. The van der Waals surface area contributed by atoms with Crippen LogP contribution in [-0.2, 0) is 0 Å². The van der Waals surface area contributed by atoms with Gasteiger partial charge in [0.05, 0.1) is 0 Å². The van der Waals surface area contributed by atoms with Gasteiger partial charge in [0.15, 0.2) is 0 Å². The number of hydrogen-bond acceptors (Lipinski definition) is 1. The molecule has 1 fully saturated rings. The lowest BCUT2D eigenvalue weighted by Crippen LogP contribution is -2.29. The van der Waals surface area contributed by atoms with E-state index in [0.29, 0.717) is 18.0 Å². The highest BCUT2D eigenvalue weighted by atomic mass is 35.5. The van der Waals surface area contributed by atoms with E-state index >= 15 is 0 Å². The van der Waals surface area contributed by atoms with Gasteiger partial charge in [0.2, 0.25) is 5.92 Å². The molecule has 0 spiro atoms. The van der Waals surface area contributed by atoms with E-state index in [1.807, 2.05) is 25.1 Å². The maximum Gasteiger partial charge on any atom is 0.248 e. The average molecular weight is 274 g/mol. The van der Waals surface area contributed by atoms with Gasteiger partial charge in [0.1, 0.15) is 0 Å². The fraction of sp³-hybridized carbons (Fsp3) is 0.571. The zero-order valence-corrected chi connectivity index (χ0v) is 11.2. The first-order valence-electron chi connectivity index (χ1n) is 6.34. The molecule has 1 atom stereocenters. The summed E-state index contributed by atoms with van der Waals surface area (Å²) in [5.74, 6) is -2.41. The second-order valence-corrected chi connectivity index (χ2v) is 5.59. The highest BCUT2D eigenvalue weighted by molar-refractivity contribution is 6.30. The van der Waals surface area contributed by atoms with Crippen molar-refractivity contribution < 1.29 is 8.78 Å². The maximum absolute atomic E-state index is 13.3. The zero-order valence-electron chi connectivity index (χ0n) is 10.5. The van der Waals surface area contributed by atoms with Crippen LogP contribution >= 0.6 is 11.6 Å². The summed E-state index contributed by atoms with van der Waals surface area (Å²) in [6.07, 6.45) is 1.56. The van der Waals surface area contributed by atoms with E-state index in [1.54, 1.807) is 0 Å². The fourth-order valence-electron chi connectivity index (χ4n) is 2.53. The van der Waals surface area contributed by atoms with Crippen LogP contribution < -0.4 is 5.32 Å². The van der Waals surface area contributed by atoms with Gasteiger partial charge in [-0.2, -0.15) is 0 Å². The Morgan fingerprint density at radius 1 is 1.44 bits per heavy atom. The van der Waals surface area contributed by atoms with E-state index in [1.165, 1.54) is 0 Å². The minimum Gasteiger partial charge on any atom is -0.385 e. The van der Waals surface area contributed by atoms with Crippen molar-refractivity contribution in [3.63, 3.8) is 0 Å². The van der Waals surface area contributed by atoms with Crippen LogP contribution in [0.2, 0.25) is 5.02 Å². The largest absolute Gasteiger partial charge is 0.385 e. The van der Waals surface area contributed by atoms with Crippen molar-refractivity contribution >= 4 is 17.3 Å². The van der Waals surface area contributed by atoms with Crippen molar-refractivity contribution in [3.8, 4) is 0 Å². The topological polar surface area (TPSA) is 12.0 Å². The number of aryl methyl sites for hydroxylation is 1. The number of anilines is 1. The van der Waals surface area contributed by atoms with Crippen LogP contribution in [0, 0.1) is 12.8 Å². The number of rotatable bonds is 3. The molecule has 4 heteroatoms. The van der Waals surface area contributed by atoms with Gasteiger partial charge in [0, 0.05) is 30.1 Å². The molecule has 1 aromatic carbocycles. The third-order valence-corrected chi connectivity index (χ3v) is 3.75. The quantitative estimate of drug-likeness (QED) is 0.827. The highest BCUT2D eigenvalue weighted by Gasteiger charge is 2.35. The Morgan fingerprint density at radius 2 is 2.22 bits per heavy atom. The van der Waals surface area contributed by atoms with Crippen molar-refractivity contribution in [1.29, 1.82) is 0 Å². The first kappa shape index (κ1) is 13.6. The molecule has 0 aliphatic heterocycles. The van der Waals surface area contributed by atoms with Gasteiger partial charge in [-0.15, -0.1) is 0 Å². The monoisotopic (exact) mass is 273 g/mol. The molecule has 1 N–H and O–H groups in total. The van der Waals surface area contributed by atoms with Crippen molar-refractivity contribution in [2.24, 2.45) is 5.92 Å². The van der Waals surface area contributed by atoms with E-state index in [2.05, 4.69) is 5.32 Å². The third kappa shape index (κ3) is 3.58. The maximum atomic E-state index is 13.3. The molecule has 1 nitrogen and oxygen atoms in total. The summed E-state index contributed by atoms with van der Waals surface area (Å²) in [4.78, 5) is 0. The summed E-state index contributed by atoms with van der Waals surface area (Å²) in [6.45, 7) is 2.57. The molecule has 1 unspecified atom stereocenters. The van der Waals surface area contributed by atoms with Gasteiger partial charge in [-0.25, -0.2) is 8.78 Å². The Balaban J connectivity index is 1.91. The van der Waals surface area contributed by atoms with Gasteiger partial charge in [0.25, 0.3) is 0 Å². The number of benzene rings is 1. The van der Waals surface area contributed by atoms with Crippen LogP contribution in [0.25, 0.3) is 0 Å². The van der Waals surface area contributed by atoms with Gasteiger partial charge in [-0.1, -0.05) is 11.6 Å². The standard InChI is InChI=1S/C14H18ClF2N/c1-10-7-12(15)4-5-13(10)18-9-11-3-2-6-14(16,17)8-11/h4-5,7,11,18H,2-3,6,8-9H2,1H3. The Morgan fingerprint density at radius 3 is 2.89 bits per heavy atom. The van der Waals surface area contributed by atoms with Crippen molar-refractivity contribution in [3.05, 3.63) is 28.8 Å². The molecule has 0 heterocycles. The summed E-state index contributed by atoms with van der Waals surface area (Å²) in [5, 5.41) is 3.95. The predicted octanol–water partition coefficient (Wildman–Crippen LogP) is 4.89. The minimum absolute atomic E-state index is 0.00658. The molecule has 100 valence electrons. The second kappa shape index (κ2) is 5.43. The molecule has 0 amide bonds. The molecule has 1 aliphatic carbocycles. The Kier molecular flexibility index (Phi) is 4.10. The predicted molar refractivity (Wildman–Crippen MR) is 71.6 cm³/mol. The number of hydrogen-bond donors (Lipinski definition) is 1. The molecular weight excluding hydrogens is 256 g/mol. The van der Waals surface area contributed by atoms with Gasteiger partial charge >= 0.3 is 0 Å². The van der Waals surface area contributed by atoms with Crippen LogP contribution in [0.1, 0.15) is 31.2 Å². The van der Waals surface area contributed by atoms with E-state index in [9.17, 15) is 8.78 Å². The van der Waals surface area contributed by atoms with Gasteiger partial charge in [-0.05, 0) is 49.4 Å². The van der Waals surface area contributed by atoms with Gasteiger partial charge < -0.3 is 5.32 Å². The molecule has 0 aromatic heterocycles. The molecule has 2 rings (SSSR count). The molecule has 0 bridgehead atoms. The number of halogens is 3. The smallest absolute Gasteiger partial charge is 0.248 e.